The molecule has 0 radical (unpaired) electrons. The van der Waals surface area contributed by atoms with Gasteiger partial charge in [0.05, 0.1) is 11.8 Å². The van der Waals surface area contributed by atoms with E-state index in [2.05, 4.69) is 0 Å². The molecule has 0 unspecified atom stereocenters. The topological polar surface area (TPSA) is 13.1 Å². The summed E-state index contributed by atoms with van der Waals surface area (Å²) in [4.78, 5) is 0. The van der Waals surface area contributed by atoms with Gasteiger partial charge < -0.3 is 4.42 Å². The lowest BCUT2D eigenvalue weighted by Crippen LogP contribution is -1.84. The molecule has 0 saturated carbocycles. The summed E-state index contributed by atoms with van der Waals surface area (Å²) in [7, 11) is 0. The van der Waals surface area contributed by atoms with Crippen molar-refractivity contribution in [3.05, 3.63) is 60.6 Å². The Labute approximate surface area is 92.5 Å². The molecule has 0 saturated heterocycles. The van der Waals surface area contributed by atoms with Crippen LogP contribution in [0.2, 0.25) is 0 Å². The van der Waals surface area contributed by atoms with Gasteiger partial charge in [-0.05, 0) is 23.8 Å². The number of hydrogen-bond donors (Lipinski definition) is 0. The van der Waals surface area contributed by atoms with Crippen LogP contribution < -0.4 is 0 Å². The summed E-state index contributed by atoms with van der Waals surface area (Å²) in [5.41, 5.74) is 2.58. The highest BCUT2D eigenvalue weighted by molar-refractivity contribution is 5.71. The lowest BCUT2D eigenvalue weighted by atomic mass is 10.1. The average Bonchev–Trinajstić information content (AvgIpc) is 2.76. The molecular formula is C14H9FO. The van der Waals surface area contributed by atoms with Crippen molar-refractivity contribution in [2.75, 3.05) is 0 Å². The number of halogens is 1. The van der Waals surface area contributed by atoms with Gasteiger partial charge in [0.1, 0.15) is 11.6 Å². The van der Waals surface area contributed by atoms with Gasteiger partial charge in [-0.15, -0.1) is 0 Å². The molecule has 1 aliphatic heterocycles. The summed E-state index contributed by atoms with van der Waals surface area (Å²) in [6.07, 6.45) is 1.65. The fourth-order valence-corrected chi connectivity index (χ4v) is 1.79. The SMILES string of the molecule is Fc1ccccc1-c1cc2cccc-2co1. The summed E-state index contributed by atoms with van der Waals surface area (Å²) in [5, 5.41) is 0. The van der Waals surface area contributed by atoms with Crippen molar-refractivity contribution in [1.29, 1.82) is 0 Å². The predicted octanol–water partition coefficient (Wildman–Crippen LogP) is 4.19. The second-order valence-corrected chi connectivity index (χ2v) is 3.66. The molecule has 1 heterocycles. The van der Waals surface area contributed by atoms with Gasteiger partial charge in [-0.25, -0.2) is 4.39 Å². The van der Waals surface area contributed by atoms with Crippen LogP contribution in [0.5, 0.6) is 0 Å². The first kappa shape index (κ1) is 9.16. The quantitative estimate of drug-likeness (QED) is 0.589. The Bertz CT molecular complexity index is 597. The molecule has 16 heavy (non-hydrogen) atoms. The molecule has 0 aromatic heterocycles. The van der Waals surface area contributed by atoms with Gasteiger partial charge in [-0.1, -0.05) is 30.3 Å². The molecule has 1 aliphatic carbocycles. The molecule has 0 spiro atoms. The van der Waals surface area contributed by atoms with Crippen LogP contribution in [-0.2, 0) is 0 Å². The minimum atomic E-state index is -0.267. The molecule has 2 aliphatic rings. The summed E-state index contributed by atoms with van der Waals surface area (Å²) >= 11 is 0. The van der Waals surface area contributed by atoms with Crippen LogP contribution >= 0.6 is 0 Å². The first-order valence-electron chi connectivity index (χ1n) is 5.07. The summed E-state index contributed by atoms with van der Waals surface area (Å²) in [6, 6.07) is 14.4. The minimum Gasteiger partial charge on any atom is -0.464 e. The van der Waals surface area contributed by atoms with E-state index in [0.29, 0.717) is 11.3 Å². The van der Waals surface area contributed by atoms with Crippen molar-refractivity contribution < 1.29 is 8.81 Å². The largest absolute Gasteiger partial charge is 0.464 e. The minimum absolute atomic E-state index is 0.267. The molecule has 1 aromatic rings. The van der Waals surface area contributed by atoms with Gasteiger partial charge in [0.2, 0.25) is 0 Å². The van der Waals surface area contributed by atoms with Crippen LogP contribution in [0.15, 0.2) is 59.2 Å². The maximum absolute atomic E-state index is 13.5. The Morgan fingerprint density at radius 3 is 2.56 bits per heavy atom. The van der Waals surface area contributed by atoms with Gasteiger partial charge in [0.15, 0.2) is 0 Å². The van der Waals surface area contributed by atoms with E-state index in [1.807, 2.05) is 24.3 Å². The third kappa shape index (κ3) is 1.39. The van der Waals surface area contributed by atoms with E-state index >= 15 is 0 Å². The van der Waals surface area contributed by atoms with Gasteiger partial charge in [0.25, 0.3) is 0 Å². The lowest BCUT2D eigenvalue weighted by molar-refractivity contribution is 0.557. The van der Waals surface area contributed by atoms with Crippen LogP contribution in [-0.4, -0.2) is 0 Å². The highest BCUT2D eigenvalue weighted by Crippen LogP contribution is 2.30. The normalized spacial score (nSPS) is 10.8. The van der Waals surface area contributed by atoms with Crippen LogP contribution in [0.1, 0.15) is 0 Å². The molecule has 78 valence electrons. The van der Waals surface area contributed by atoms with Crippen LogP contribution in [0.3, 0.4) is 0 Å². The highest BCUT2D eigenvalue weighted by Gasteiger charge is 2.09. The lowest BCUT2D eigenvalue weighted by Gasteiger charge is -2.04. The van der Waals surface area contributed by atoms with Crippen LogP contribution in [0.25, 0.3) is 22.5 Å². The molecule has 1 aromatic carbocycles. The van der Waals surface area contributed by atoms with Gasteiger partial charge >= 0.3 is 0 Å². The Kier molecular flexibility index (Phi) is 2.00. The molecule has 0 N–H and O–H groups in total. The van der Waals surface area contributed by atoms with Crippen molar-refractivity contribution in [2.24, 2.45) is 0 Å². The highest BCUT2D eigenvalue weighted by atomic mass is 19.1. The molecule has 0 amide bonds. The Balaban J connectivity index is 2.20. The molecule has 0 bridgehead atoms. The zero-order valence-corrected chi connectivity index (χ0v) is 8.48. The van der Waals surface area contributed by atoms with E-state index in [1.165, 1.54) is 6.07 Å². The van der Waals surface area contributed by atoms with Crippen LogP contribution in [0.4, 0.5) is 4.39 Å². The van der Waals surface area contributed by atoms with Gasteiger partial charge in [0, 0.05) is 5.56 Å². The molecule has 2 heteroatoms. The summed E-state index contributed by atoms with van der Waals surface area (Å²) in [6.45, 7) is 0. The van der Waals surface area contributed by atoms with Gasteiger partial charge in [-0.2, -0.15) is 0 Å². The number of rotatable bonds is 1. The number of fused-ring (bicyclic) bond motifs is 1. The van der Waals surface area contributed by atoms with Gasteiger partial charge in [-0.3, -0.25) is 0 Å². The van der Waals surface area contributed by atoms with E-state index in [9.17, 15) is 4.39 Å². The third-order valence-electron chi connectivity index (χ3n) is 2.62. The maximum atomic E-state index is 13.5. The Morgan fingerprint density at radius 2 is 1.69 bits per heavy atom. The van der Waals surface area contributed by atoms with E-state index in [-0.39, 0.29) is 5.82 Å². The summed E-state index contributed by atoms with van der Waals surface area (Å²) < 4.78 is 19.0. The van der Waals surface area contributed by atoms with Crippen molar-refractivity contribution in [1.82, 2.24) is 0 Å². The third-order valence-corrected chi connectivity index (χ3v) is 2.62. The molecule has 3 rings (SSSR count). The Morgan fingerprint density at radius 1 is 0.875 bits per heavy atom. The Hall–Kier alpha value is -2.09. The monoisotopic (exact) mass is 212 g/mol. The molecule has 1 nitrogen and oxygen atoms in total. The first-order valence-corrected chi connectivity index (χ1v) is 5.07. The van der Waals surface area contributed by atoms with E-state index in [1.54, 1.807) is 24.5 Å². The molecule has 0 fully saturated rings. The fraction of sp³-hybridized carbons (Fsp3) is 0. The average molecular weight is 212 g/mol. The fourth-order valence-electron chi connectivity index (χ4n) is 1.79. The van der Waals surface area contributed by atoms with Crippen molar-refractivity contribution >= 4 is 0 Å². The van der Waals surface area contributed by atoms with E-state index in [4.69, 9.17) is 4.42 Å². The molecule has 0 atom stereocenters. The summed E-state index contributed by atoms with van der Waals surface area (Å²) in [5.74, 6) is 0.286. The molecular weight excluding hydrogens is 203 g/mol. The van der Waals surface area contributed by atoms with E-state index in [0.717, 1.165) is 11.1 Å². The van der Waals surface area contributed by atoms with Crippen LogP contribution in [0, 0.1) is 5.82 Å². The first-order chi connectivity index (χ1) is 7.84. The number of benzene rings is 1. The maximum Gasteiger partial charge on any atom is 0.137 e. The van der Waals surface area contributed by atoms with E-state index < -0.39 is 0 Å². The second kappa shape index (κ2) is 3.49. The van der Waals surface area contributed by atoms with Crippen molar-refractivity contribution in [3.63, 3.8) is 0 Å². The van der Waals surface area contributed by atoms with Crippen molar-refractivity contribution in [3.8, 4) is 22.5 Å². The predicted molar refractivity (Wildman–Crippen MR) is 60.7 cm³/mol. The zero-order chi connectivity index (χ0) is 11.0. The van der Waals surface area contributed by atoms with Crippen molar-refractivity contribution in [2.45, 2.75) is 0 Å². The number of hydrogen-bond acceptors (Lipinski definition) is 1. The smallest absolute Gasteiger partial charge is 0.137 e. The second-order valence-electron chi connectivity index (χ2n) is 3.66. The zero-order valence-electron chi connectivity index (χ0n) is 8.48. The standard InChI is InChI=1S/C14H9FO/c15-13-7-2-1-6-12(13)14-8-10-4-3-5-11(10)9-16-14/h1-9H.